The van der Waals surface area contributed by atoms with Gasteiger partial charge >= 0.3 is 0 Å². The molecule has 0 saturated carbocycles. The van der Waals surface area contributed by atoms with Crippen molar-refractivity contribution in [2.75, 3.05) is 0 Å². The molecule has 0 amide bonds. The predicted molar refractivity (Wildman–Crippen MR) is 65.5 cm³/mol. The number of rotatable bonds is 3. The number of aromatic nitrogens is 1. The minimum atomic E-state index is 0.109. The lowest BCUT2D eigenvalue weighted by molar-refractivity contribution is 0.0993. The van der Waals surface area contributed by atoms with Gasteiger partial charge in [0.2, 0.25) is 0 Å². The van der Waals surface area contributed by atoms with E-state index in [0.29, 0.717) is 6.42 Å². The second-order valence-electron chi connectivity index (χ2n) is 3.97. The monoisotopic (exact) mass is 211 g/mol. The number of fused-ring (bicyclic) bond motifs is 1. The maximum absolute atomic E-state index is 11.8. The molecule has 0 saturated heterocycles. The zero-order valence-electron chi connectivity index (χ0n) is 9.23. The molecular weight excluding hydrogens is 198 g/mol. The van der Waals surface area contributed by atoms with Crippen molar-refractivity contribution in [3.05, 3.63) is 54.2 Å². The van der Waals surface area contributed by atoms with Crippen molar-refractivity contribution in [3.63, 3.8) is 0 Å². The smallest absolute Gasteiger partial charge is 0.166 e. The Bertz CT molecular complexity index is 557. The highest BCUT2D eigenvalue weighted by Crippen LogP contribution is 2.15. The Hall–Kier alpha value is -1.96. The van der Waals surface area contributed by atoms with Crippen LogP contribution in [0.5, 0.6) is 0 Å². The predicted octanol–water partition coefficient (Wildman–Crippen LogP) is 3.38. The van der Waals surface area contributed by atoms with Crippen molar-refractivity contribution in [1.82, 2.24) is 4.98 Å². The van der Waals surface area contributed by atoms with Crippen LogP contribution < -0.4 is 0 Å². The highest BCUT2D eigenvalue weighted by molar-refractivity contribution is 6.00. The van der Waals surface area contributed by atoms with Crippen molar-refractivity contribution < 1.29 is 4.79 Å². The Morgan fingerprint density at radius 1 is 1.38 bits per heavy atom. The van der Waals surface area contributed by atoms with Gasteiger partial charge in [-0.15, -0.1) is 0 Å². The second-order valence-corrected chi connectivity index (χ2v) is 3.97. The number of allylic oxidation sites excluding steroid dienone is 1. The van der Waals surface area contributed by atoms with Gasteiger partial charge in [0.1, 0.15) is 0 Å². The Kier molecular flexibility index (Phi) is 2.82. The Labute approximate surface area is 94.6 Å². The van der Waals surface area contributed by atoms with Gasteiger partial charge in [0.15, 0.2) is 5.78 Å². The maximum atomic E-state index is 11.8. The van der Waals surface area contributed by atoms with E-state index in [1.807, 2.05) is 37.3 Å². The summed E-state index contributed by atoms with van der Waals surface area (Å²) in [5.74, 6) is 0.109. The number of pyridine rings is 1. The van der Waals surface area contributed by atoms with E-state index in [0.717, 1.165) is 22.0 Å². The number of nitrogens with zero attached hydrogens (tertiary/aromatic N) is 1. The summed E-state index contributed by atoms with van der Waals surface area (Å²) in [5.41, 5.74) is 2.52. The van der Waals surface area contributed by atoms with Crippen LogP contribution in [-0.4, -0.2) is 10.8 Å². The first-order chi connectivity index (χ1) is 7.66. The Balaban J connectivity index is 2.39. The quantitative estimate of drug-likeness (QED) is 0.575. The van der Waals surface area contributed by atoms with Gasteiger partial charge in [-0.1, -0.05) is 18.2 Å². The van der Waals surface area contributed by atoms with E-state index in [4.69, 9.17) is 0 Å². The molecule has 80 valence electrons. The van der Waals surface area contributed by atoms with Gasteiger partial charge in [-0.2, -0.15) is 0 Å². The van der Waals surface area contributed by atoms with Crippen LogP contribution >= 0.6 is 0 Å². The first kappa shape index (κ1) is 10.6. The molecule has 2 rings (SSSR count). The second kappa shape index (κ2) is 4.27. The molecule has 0 unspecified atom stereocenters. The van der Waals surface area contributed by atoms with Crippen LogP contribution in [0.4, 0.5) is 0 Å². The van der Waals surface area contributed by atoms with E-state index in [2.05, 4.69) is 11.6 Å². The lowest BCUT2D eigenvalue weighted by Gasteiger charge is -2.02. The van der Waals surface area contributed by atoms with Crippen LogP contribution in [0.25, 0.3) is 10.9 Å². The molecule has 2 aromatic rings. The fraction of sp³-hybridized carbons (Fsp3) is 0.143. The van der Waals surface area contributed by atoms with Gasteiger partial charge in [-0.05, 0) is 31.2 Å². The van der Waals surface area contributed by atoms with Crippen LogP contribution in [0.2, 0.25) is 0 Å². The fourth-order valence-corrected chi connectivity index (χ4v) is 1.63. The van der Waals surface area contributed by atoms with Crippen LogP contribution in [-0.2, 0) is 0 Å². The Morgan fingerprint density at radius 3 is 2.94 bits per heavy atom. The van der Waals surface area contributed by atoms with Crippen molar-refractivity contribution >= 4 is 16.7 Å². The molecule has 0 aliphatic heterocycles. The third-order valence-electron chi connectivity index (χ3n) is 2.39. The molecule has 0 aliphatic carbocycles. The van der Waals surface area contributed by atoms with Crippen LogP contribution in [0.3, 0.4) is 0 Å². The summed E-state index contributed by atoms with van der Waals surface area (Å²) < 4.78 is 0. The van der Waals surface area contributed by atoms with E-state index < -0.39 is 0 Å². The van der Waals surface area contributed by atoms with E-state index in [1.165, 1.54) is 0 Å². The van der Waals surface area contributed by atoms with E-state index in [-0.39, 0.29) is 5.78 Å². The summed E-state index contributed by atoms with van der Waals surface area (Å²) in [7, 11) is 0. The largest absolute Gasteiger partial charge is 0.294 e. The van der Waals surface area contributed by atoms with Crippen molar-refractivity contribution in [3.8, 4) is 0 Å². The summed E-state index contributed by atoms with van der Waals surface area (Å²) in [4.78, 5) is 16.0. The number of benzene rings is 1. The number of hydrogen-bond donors (Lipinski definition) is 0. The summed E-state index contributed by atoms with van der Waals surface area (Å²) in [6, 6.07) is 9.41. The highest BCUT2D eigenvalue weighted by Gasteiger charge is 2.06. The van der Waals surface area contributed by atoms with Crippen molar-refractivity contribution in [1.29, 1.82) is 0 Å². The number of carbonyl (C=O) groups excluding carboxylic acids is 1. The molecule has 2 heteroatoms. The number of Topliss-reactive ketones (excluding diaryl/α,β-unsaturated/α-hetero) is 1. The number of carbonyl (C=O) groups is 1. The maximum Gasteiger partial charge on any atom is 0.166 e. The van der Waals surface area contributed by atoms with Gasteiger partial charge in [0, 0.05) is 23.6 Å². The molecule has 2 nitrogen and oxygen atoms in total. The molecule has 1 aromatic carbocycles. The normalized spacial score (nSPS) is 10.3. The summed E-state index contributed by atoms with van der Waals surface area (Å²) in [5, 5.41) is 0.995. The molecule has 1 heterocycles. The number of hydrogen-bond acceptors (Lipinski definition) is 2. The third kappa shape index (κ3) is 2.16. The molecular formula is C14H13NO. The molecule has 0 fully saturated rings. The molecule has 16 heavy (non-hydrogen) atoms. The lowest BCUT2D eigenvalue weighted by Crippen LogP contribution is -1.99. The molecule has 1 aromatic heterocycles. The third-order valence-corrected chi connectivity index (χ3v) is 2.39. The Morgan fingerprint density at radius 2 is 2.19 bits per heavy atom. The fourth-order valence-electron chi connectivity index (χ4n) is 1.63. The van der Waals surface area contributed by atoms with Gasteiger partial charge in [0.05, 0.1) is 5.52 Å². The zero-order valence-corrected chi connectivity index (χ0v) is 9.23. The lowest BCUT2D eigenvalue weighted by atomic mass is 10.0. The van der Waals surface area contributed by atoms with Gasteiger partial charge < -0.3 is 0 Å². The molecule has 0 bridgehead atoms. The summed E-state index contributed by atoms with van der Waals surface area (Å²) >= 11 is 0. The van der Waals surface area contributed by atoms with Gasteiger partial charge in [-0.25, -0.2) is 0 Å². The van der Waals surface area contributed by atoms with E-state index >= 15 is 0 Å². The van der Waals surface area contributed by atoms with E-state index in [9.17, 15) is 4.79 Å². The topological polar surface area (TPSA) is 30.0 Å². The summed E-state index contributed by atoms with van der Waals surface area (Å²) in [6.45, 7) is 5.61. The van der Waals surface area contributed by atoms with Crippen molar-refractivity contribution in [2.45, 2.75) is 13.3 Å². The average Bonchev–Trinajstić information content (AvgIpc) is 2.27. The minimum Gasteiger partial charge on any atom is -0.294 e. The number of ketones is 1. The molecule has 0 atom stereocenters. The van der Waals surface area contributed by atoms with Crippen LogP contribution in [0.15, 0.2) is 48.7 Å². The molecule has 0 aliphatic rings. The van der Waals surface area contributed by atoms with Crippen LogP contribution in [0.1, 0.15) is 23.7 Å². The first-order valence-corrected chi connectivity index (χ1v) is 5.19. The van der Waals surface area contributed by atoms with Crippen molar-refractivity contribution in [2.24, 2.45) is 0 Å². The minimum absolute atomic E-state index is 0.109. The van der Waals surface area contributed by atoms with Crippen LogP contribution in [0, 0.1) is 0 Å². The summed E-state index contributed by atoms with van der Waals surface area (Å²) in [6.07, 6.45) is 2.16. The average molecular weight is 211 g/mol. The van der Waals surface area contributed by atoms with Gasteiger partial charge in [-0.3, -0.25) is 9.78 Å². The molecule has 0 N–H and O–H groups in total. The molecule has 0 spiro atoms. The standard InChI is InChI=1S/C14H13NO/c1-10(2)8-14(16)12-5-6-13-11(9-12)4-3-7-15-13/h3-7,9H,1,8H2,2H3. The van der Waals surface area contributed by atoms with Gasteiger partial charge in [0.25, 0.3) is 0 Å². The highest BCUT2D eigenvalue weighted by atomic mass is 16.1. The SMILES string of the molecule is C=C(C)CC(=O)c1ccc2ncccc2c1. The first-order valence-electron chi connectivity index (χ1n) is 5.19. The molecule has 0 radical (unpaired) electrons. The van der Waals surface area contributed by atoms with E-state index in [1.54, 1.807) is 6.20 Å². The zero-order chi connectivity index (χ0) is 11.5.